The van der Waals surface area contributed by atoms with Crippen LogP contribution in [-0.4, -0.2) is 64.7 Å². The molecule has 2 aliphatic carbocycles. The average molecular weight is 446 g/mol. The largest absolute Gasteiger partial charge is 0.389 e. The molecule has 1 atom stereocenters. The van der Waals surface area contributed by atoms with Crippen LogP contribution in [0.2, 0.25) is 0 Å². The Labute approximate surface area is 191 Å². The molecular formula is C25H39N3O4. The van der Waals surface area contributed by atoms with Crippen LogP contribution in [0.25, 0.3) is 0 Å². The minimum atomic E-state index is -0.883. The number of hydrogen-bond acceptors (Lipinski definition) is 5. The monoisotopic (exact) mass is 445 g/mol. The summed E-state index contributed by atoms with van der Waals surface area (Å²) in [6, 6.07) is 2.04. The lowest BCUT2D eigenvalue weighted by atomic mass is 9.80. The van der Waals surface area contributed by atoms with Crippen LogP contribution in [0.5, 0.6) is 0 Å². The van der Waals surface area contributed by atoms with E-state index in [1.54, 1.807) is 23.9 Å². The first-order chi connectivity index (χ1) is 15.3. The summed E-state index contributed by atoms with van der Waals surface area (Å²) in [5, 5.41) is 15.2. The lowest BCUT2D eigenvalue weighted by Crippen LogP contribution is -2.45. The number of carbonyl (C=O) groups excluding carboxylic acids is 2. The first kappa shape index (κ1) is 23.3. The van der Waals surface area contributed by atoms with E-state index in [0.717, 1.165) is 43.6 Å². The summed E-state index contributed by atoms with van der Waals surface area (Å²) >= 11 is 0. The topological polar surface area (TPSA) is 86.9 Å². The van der Waals surface area contributed by atoms with Gasteiger partial charge in [0.15, 0.2) is 0 Å². The number of hydrogen-bond donors (Lipinski definition) is 1. The molecule has 7 heteroatoms. The van der Waals surface area contributed by atoms with E-state index in [-0.39, 0.29) is 18.2 Å². The maximum Gasteiger partial charge on any atom is 0.230 e. The number of likely N-dealkylation sites (tertiary alicyclic amines) is 1. The van der Waals surface area contributed by atoms with Crippen LogP contribution in [0.1, 0.15) is 94.4 Å². The Morgan fingerprint density at radius 3 is 2.50 bits per heavy atom. The first-order valence-electron chi connectivity index (χ1n) is 12.5. The molecule has 1 saturated heterocycles. The lowest BCUT2D eigenvalue weighted by Gasteiger charge is -2.34. The molecule has 2 saturated carbocycles. The molecule has 2 heterocycles. The van der Waals surface area contributed by atoms with Gasteiger partial charge in [-0.2, -0.15) is 0 Å². The summed E-state index contributed by atoms with van der Waals surface area (Å²) in [6.07, 6.45) is 11.7. The van der Waals surface area contributed by atoms with E-state index >= 15 is 0 Å². The van der Waals surface area contributed by atoms with Gasteiger partial charge in [-0.25, -0.2) is 0 Å². The summed E-state index contributed by atoms with van der Waals surface area (Å²) in [6.45, 7) is 0.913. The number of aromatic nitrogens is 1. The van der Waals surface area contributed by atoms with Gasteiger partial charge in [-0.15, -0.1) is 0 Å². The van der Waals surface area contributed by atoms with Crippen LogP contribution in [0, 0.1) is 5.41 Å². The van der Waals surface area contributed by atoms with Crippen molar-refractivity contribution in [1.29, 1.82) is 0 Å². The smallest absolute Gasteiger partial charge is 0.230 e. The molecule has 0 radical (unpaired) electrons. The van der Waals surface area contributed by atoms with Crippen molar-refractivity contribution in [1.82, 2.24) is 15.0 Å². The maximum absolute atomic E-state index is 13.3. The molecule has 0 bridgehead atoms. The van der Waals surface area contributed by atoms with Crippen molar-refractivity contribution in [3.63, 3.8) is 0 Å². The molecule has 1 aliphatic heterocycles. The highest BCUT2D eigenvalue weighted by atomic mass is 16.5. The molecule has 4 rings (SSSR count). The summed E-state index contributed by atoms with van der Waals surface area (Å²) < 4.78 is 5.70. The highest BCUT2D eigenvalue weighted by Crippen LogP contribution is 2.39. The Kier molecular flexibility index (Phi) is 6.94. The predicted molar refractivity (Wildman–Crippen MR) is 121 cm³/mol. The lowest BCUT2D eigenvalue weighted by molar-refractivity contribution is -0.141. The van der Waals surface area contributed by atoms with E-state index in [2.05, 4.69) is 5.16 Å². The molecular weight excluding hydrogens is 406 g/mol. The van der Waals surface area contributed by atoms with Gasteiger partial charge in [0.2, 0.25) is 11.8 Å². The number of amides is 2. The third kappa shape index (κ3) is 5.03. The zero-order valence-corrected chi connectivity index (χ0v) is 19.8. The van der Waals surface area contributed by atoms with Crippen molar-refractivity contribution < 1.29 is 19.2 Å². The fourth-order valence-electron chi connectivity index (χ4n) is 6.07. The van der Waals surface area contributed by atoms with Gasteiger partial charge in [0.25, 0.3) is 0 Å². The summed E-state index contributed by atoms with van der Waals surface area (Å²) in [5.74, 6) is 1.18. The van der Waals surface area contributed by atoms with Gasteiger partial charge in [-0.3, -0.25) is 9.59 Å². The van der Waals surface area contributed by atoms with Crippen molar-refractivity contribution in [3.8, 4) is 0 Å². The minimum Gasteiger partial charge on any atom is -0.389 e. The van der Waals surface area contributed by atoms with Crippen LogP contribution < -0.4 is 0 Å². The Hall–Kier alpha value is -1.89. The fourth-order valence-corrected chi connectivity index (χ4v) is 6.07. The second kappa shape index (κ2) is 9.54. The van der Waals surface area contributed by atoms with Gasteiger partial charge in [0, 0.05) is 45.6 Å². The molecule has 32 heavy (non-hydrogen) atoms. The van der Waals surface area contributed by atoms with E-state index in [1.807, 2.05) is 6.07 Å². The van der Waals surface area contributed by atoms with Gasteiger partial charge in [-0.1, -0.05) is 43.7 Å². The summed E-state index contributed by atoms with van der Waals surface area (Å²) in [7, 11) is 3.54. The van der Waals surface area contributed by atoms with Crippen LogP contribution >= 0.6 is 0 Å². The second-order valence-electron chi connectivity index (χ2n) is 10.7. The van der Waals surface area contributed by atoms with E-state index in [4.69, 9.17) is 4.52 Å². The normalized spacial score (nSPS) is 26.3. The van der Waals surface area contributed by atoms with Crippen molar-refractivity contribution in [2.75, 3.05) is 27.2 Å². The van der Waals surface area contributed by atoms with Crippen LogP contribution in [0.15, 0.2) is 10.6 Å². The average Bonchev–Trinajstić information content (AvgIpc) is 3.42. The molecule has 178 valence electrons. The molecule has 3 aliphatic rings. The van der Waals surface area contributed by atoms with Crippen LogP contribution in [0.4, 0.5) is 0 Å². The van der Waals surface area contributed by atoms with E-state index in [9.17, 15) is 14.7 Å². The molecule has 0 aromatic carbocycles. The third-order valence-electron chi connectivity index (χ3n) is 7.94. The highest BCUT2D eigenvalue weighted by molar-refractivity contribution is 5.85. The molecule has 1 aromatic heterocycles. The van der Waals surface area contributed by atoms with E-state index in [1.165, 1.54) is 19.3 Å². The van der Waals surface area contributed by atoms with Gasteiger partial charge in [0.05, 0.1) is 23.1 Å². The molecule has 7 nitrogen and oxygen atoms in total. The maximum atomic E-state index is 13.3. The molecule has 1 N–H and O–H groups in total. The molecule has 0 spiro atoms. The molecule has 2 amide bonds. The zero-order valence-electron chi connectivity index (χ0n) is 19.8. The van der Waals surface area contributed by atoms with Crippen LogP contribution in [-0.2, 0) is 16.0 Å². The molecule has 3 fully saturated rings. The third-order valence-corrected chi connectivity index (χ3v) is 7.94. The standard InChI is InChI=1S/C25H39N3O4/c1-27(2)23(30)24(16-20-15-21(26-32-20)19-9-5-3-6-10-19)13-14-28(18-24)22(29)17-25(31)11-7-4-8-12-25/h15,19,31H,3-14,16-18H2,1-2H3/t24-/m0/s1. The summed E-state index contributed by atoms with van der Waals surface area (Å²) in [4.78, 5) is 29.8. The number of carbonyl (C=O) groups is 2. The van der Waals surface area contributed by atoms with Gasteiger partial charge < -0.3 is 19.4 Å². The van der Waals surface area contributed by atoms with Gasteiger partial charge >= 0.3 is 0 Å². The van der Waals surface area contributed by atoms with Gasteiger partial charge in [0.1, 0.15) is 5.76 Å². The quantitative estimate of drug-likeness (QED) is 0.722. The van der Waals surface area contributed by atoms with Crippen molar-refractivity contribution >= 4 is 11.8 Å². The predicted octanol–water partition coefficient (Wildman–Crippen LogP) is 3.66. The van der Waals surface area contributed by atoms with E-state index < -0.39 is 11.0 Å². The Bertz CT molecular complexity index is 808. The zero-order chi connectivity index (χ0) is 22.8. The SMILES string of the molecule is CN(C)C(=O)[C@]1(Cc2cc(C3CCCCC3)no2)CCN(C(=O)CC2(O)CCCCC2)C1. The minimum absolute atomic E-state index is 0.0276. The van der Waals surface area contributed by atoms with Crippen molar-refractivity contribution in [2.24, 2.45) is 5.41 Å². The van der Waals surface area contributed by atoms with Crippen molar-refractivity contribution in [3.05, 3.63) is 17.5 Å². The van der Waals surface area contributed by atoms with Crippen LogP contribution in [0.3, 0.4) is 0 Å². The molecule has 1 aromatic rings. The Balaban J connectivity index is 1.46. The Morgan fingerprint density at radius 1 is 1.12 bits per heavy atom. The first-order valence-corrected chi connectivity index (χ1v) is 12.5. The second-order valence-corrected chi connectivity index (χ2v) is 10.7. The van der Waals surface area contributed by atoms with Gasteiger partial charge in [-0.05, 0) is 32.1 Å². The van der Waals surface area contributed by atoms with Crippen molar-refractivity contribution in [2.45, 2.75) is 95.0 Å². The number of rotatable bonds is 6. The summed E-state index contributed by atoms with van der Waals surface area (Å²) in [5.41, 5.74) is -0.568. The highest BCUT2D eigenvalue weighted by Gasteiger charge is 2.48. The number of nitrogens with zero attached hydrogens (tertiary/aromatic N) is 3. The fraction of sp³-hybridized carbons (Fsp3) is 0.800. The molecule has 0 unspecified atom stereocenters. The van der Waals surface area contributed by atoms with E-state index in [0.29, 0.717) is 44.7 Å². The Morgan fingerprint density at radius 2 is 1.81 bits per heavy atom. The number of aliphatic hydroxyl groups is 1.